The van der Waals surface area contributed by atoms with Gasteiger partial charge in [-0.1, -0.05) is 31.6 Å². The number of aliphatic hydroxyl groups is 6. The van der Waals surface area contributed by atoms with Crippen molar-refractivity contribution in [3.63, 3.8) is 0 Å². The Morgan fingerprint density at radius 3 is 1.82 bits per heavy atom. The molecule has 0 radical (unpaired) electrons. The van der Waals surface area contributed by atoms with Gasteiger partial charge in [0.15, 0.2) is 25.2 Å². The lowest BCUT2D eigenvalue weighted by atomic mass is 9.45. The highest BCUT2D eigenvalue weighted by atomic mass is 16.8. The van der Waals surface area contributed by atoms with Crippen LogP contribution in [-0.4, -0.2) is 193 Å². The predicted octanol–water partition coefficient (Wildman–Crippen LogP) is 3.34. The fourth-order valence-electron chi connectivity index (χ4n) is 14.4. The molecule has 26 unspecified atom stereocenters. The van der Waals surface area contributed by atoms with Gasteiger partial charge in [-0.05, 0) is 104 Å². The maximum absolute atomic E-state index is 12.8. The fourth-order valence-corrected chi connectivity index (χ4v) is 14.4. The molecule has 0 aromatic heterocycles. The molecule has 4 aliphatic heterocycles. The minimum Gasteiger partial charge on any atom is -0.459 e. The number of esters is 1. The summed E-state index contributed by atoms with van der Waals surface area (Å²) in [5, 5.41) is 65.6. The number of fused-ring (bicyclic) bond motifs is 5. The summed E-state index contributed by atoms with van der Waals surface area (Å²) in [7, 11) is 4.80. The maximum Gasteiger partial charge on any atom is 0.333 e. The average Bonchev–Trinajstić information content (AvgIpc) is 3.65. The van der Waals surface area contributed by atoms with E-state index >= 15 is 0 Å². The summed E-state index contributed by atoms with van der Waals surface area (Å²) in [4.78, 5) is 12.8. The van der Waals surface area contributed by atoms with E-state index in [4.69, 9.17) is 56.8 Å². The van der Waals surface area contributed by atoms with Gasteiger partial charge in [-0.3, -0.25) is 0 Å². The molecule has 3 saturated carbocycles. The van der Waals surface area contributed by atoms with Crippen LogP contribution in [0.1, 0.15) is 120 Å². The lowest BCUT2D eigenvalue weighted by Crippen LogP contribution is -2.66. The summed E-state index contributed by atoms with van der Waals surface area (Å²) in [6, 6.07) is 0. The van der Waals surface area contributed by atoms with Crippen molar-refractivity contribution in [1.29, 1.82) is 0 Å². The SMILES string of the molecule is CC=C(C)C(=O)OC(C)C1CCC2(O)C3CC=C4CC(OC5CC(OC)C(OC6CC(OC)C(OC7CC(OC)C(OC8OC(CO)C(O)C(O)C8O)C(C)O7)C(C)O6)C(C)O5)CCC4(C)C3CC(O)C12C. The molecule has 0 bridgehead atoms. The van der Waals surface area contributed by atoms with Gasteiger partial charge in [0.2, 0.25) is 0 Å². The largest absolute Gasteiger partial charge is 0.459 e. The molecule has 4 heterocycles. The van der Waals surface area contributed by atoms with Crippen molar-refractivity contribution in [3.8, 4) is 0 Å². The Morgan fingerprint density at radius 2 is 1.29 bits per heavy atom. The predicted molar refractivity (Wildman–Crippen MR) is 256 cm³/mol. The first kappa shape index (κ1) is 56.5. The Labute approximate surface area is 425 Å². The highest BCUT2D eigenvalue weighted by Gasteiger charge is 2.70. The Bertz CT molecular complexity index is 1900. The average molecular weight is 1030 g/mol. The lowest BCUT2D eigenvalue weighted by Gasteiger charge is -2.63. The molecule has 0 amide bonds. The molecule has 19 nitrogen and oxygen atoms in total. The first-order chi connectivity index (χ1) is 34.1. The molecule has 0 spiro atoms. The normalized spacial score (nSPS) is 50.3. The van der Waals surface area contributed by atoms with E-state index in [1.54, 1.807) is 34.1 Å². The van der Waals surface area contributed by atoms with Gasteiger partial charge >= 0.3 is 5.97 Å². The standard InChI is InChI=1S/C53H86O19/c1-12-25(2)49(59)67-26(3)32-16-18-53(60)33-14-13-30-19-31(15-17-51(30,7)34(33)20-39(55)52(32,53)8)68-40-21-35(61-9)46(27(4)64-40)70-41-22-36(62-10)47(28(5)65-41)71-42-23-37(63-11)48(29(6)66-42)72-50-45(58)44(57)43(56)38(24-54)69-50/h12-13,26-29,31-48,50,54-58,60H,14-24H2,1-11H3. The number of methoxy groups -OCH3 is 3. The minimum absolute atomic E-state index is 0.0248. The second kappa shape index (κ2) is 22.7. The first-order valence-electron chi connectivity index (χ1n) is 26.6. The molecule has 4 aliphatic carbocycles. The number of ether oxygens (including phenoxy) is 12. The summed E-state index contributed by atoms with van der Waals surface area (Å²) >= 11 is 0. The number of hydrogen-bond acceptors (Lipinski definition) is 19. The van der Waals surface area contributed by atoms with Crippen LogP contribution < -0.4 is 0 Å². The van der Waals surface area contributed by atoms with E-state index in [2.05, 4.69) is 13.0 Å². The Morgan fingerprint density at radius 1 is 0.750 bits per heavy atom. The van der Waals surface area contributed by atoms with Gasteiger partial charge < -0.3 is 87.5 Å². The van der Waals surface area contributed by atoms with Crippen LogP contribution in [0.2, 0.25) is 0 Å². The highest BCUT2D eigenvalue weighted by Crippen LogP contribution is 2.68. The van der Waals surface area contributed by atoms with Gasteiger partial charge in [0.25, 0.3) is 0 Å². The van der Waals surface area contributed by atoms with Crippen LogP contribution in [0, 0.1) is 28.6 Å². The number of hydrogen-bond donors (Lipinski definition) is 6. The summed E-state index contributed by atoms with van der Waals surface area (Å²) in [5.41, 5.74) is -0.256. The third-order valence-electron chi connectivity index (χ3n) is 18.9. The number of aliphatic hydroxyl groups excluding tert-OH is 5. The lowest BCUT2D eigenvalue weighted by molar-refractivity contribution is -0.357. The molecule has 26 atom stereocenters. The van der Waals surface area contributed by atoms with Gasteiger partial charge in [0.05, 0.1) is 61.0 Å². The number of carbonyl (C=O) groups is 1. The molecule has 72 heavy (non-hydrogen) atoms. The van der Waals surface area contributed by atoms with E-state index in [-0.39, 0.29) is 47.8 Å². The molecular formula is C53H86O19. The Balaban J connectivity index is 0.837. The molecule has 4 saturated heterocycles. The van der Waals surface area contributed by atoms with Crippen LogP contribution in [0.4, 0.5) is 0 Å². The van der Waals surface area contributed by atoms with Gasteiger partial charge in [-0.15, -0.1) is 0 Å². The van der Waals surface area contributed by atoms with Gasteiger partial charge in [-0.25, -0.2) is 4.79 Å². The quantitative estimate of drug-likeness (QED) is 0.0782. The third kappa shape index (κ3) is 10.4. The maximum atomic E-state index is 12.8. The van der Waals surface area contributed by atoms with Crippen molar-refractivity contribution < 1.29 is 92.3 Å². The van der Waals surface area contributed by atoms with Gasteiger partial charge in [0.1, 0.15) is 48.8 Å². The molecule has 0 aromatic carbocycles. The molecule has 7 fully saturated rings. The molecular weight excluding hydrogens is 941 g/mol. The van der Waals surface area contributed by atoms with E-state index in [0.717, 1.165) is 25.7 Å². The zero-order chi connectivity index (χ0) is 52.2. The third-order valence-corrected chi connectivity index (χ3v) is 18.9. The smallest absolute Gasteiger partial charge is 0.333 e. The van der Waals surface area contributed by atoms with E-state index < -0.39 is 128 Å². The highest BCUT2D eigenvalue weighted by molar-refractivity contribution is 5.87. The molecule has 412 valence electrons. The van der Waals surface area contributed by atoms with Crippen LogP contribution in [0.25, 0.3) is 0 Å². The molecule has 19 heteroatoms. The number of allylic oxidation sites excluding steroid dienone is 2. The Kier molecular flexibility index (Phi) is 17.8. The van der Waals surface area contributed by atoms with Crippen molar-refractivity contribution in [2.45, 2.75) is 248 Å². The molecule has 6 N–H and O–H groups in total. The molecule has 8 rings (SSSR count). The van der Waals surface area contributed by atoms with Crippen molar-refractivity contribution in [2.75, 3.05) is 27.9 Å². The summed E-state index contributed by atoms with van der Waals surface area (Å²) in [6.07, 6.45) is -4.98. The van der Waals surface area contributed by atoms with Gasteiger partial charge in [0, 0.05) is 57.5 Å². The van der Waals surface area contributed by atoms with E-state index in [0.29, 0.717) is 37.7 Å². The van der Waals surface area contributed by atoms with E-state index in [1.165, 1.54) is 12.7 Å². The first-order valence-corrected chi connectivity index (χ1v) is 26.6. The molecule has 8 aliphatic rings. The van der Waals surface area contributed by atoms with Crippen LogP contribution in [0.3, 0.4) is 0 Å². The van der Waals surface area contributed by atoms with Crippen molar-refractivity contribution in [1.82, 2.24) is 0 Å². The topological polar surface area (TPSA) is 249 Å². The van der Waals surface area contributed by atoms with Crippen molar-refractivity contribution in [3.05, 3.63) is 23.3 Å². The summed E-state index contributed by atoms with van der Waals surface area (Å²) in [5.74, 6) is -0.459. The van der Waals surface area contributed by atoms with Gasteiger partial charge in [-0.2, -0.15) is 0 Å². The van der Waals surface area contributed by atoms with E-state index in [9.17, 15) is 35.4 Å². The number of rotatable bonds is 15. The van der Waals surface area contributed by atoms with Crippen LogP contribution >= 0.6 is 0 Å². The van der Waals surface area contributed by atoms with Crippen LogP contribution in [0.15, 0.2) is 23.3 Å². The van der Waals surface area contributed by atoms with Crippen LogP contribution in [0.5, 0.6) is 0 Å². The van der Waals surface area contributed by atoms with E-state index in [1.807, 2.05) is 34.6 Å². The number of carbonyl (C=O) groups excluding carboxylic acids is 1. The van der Waals surface area contributed by atoms with Crippen molar-refractivity contribution in [2.24, 2.45) is 28.6 Å². The minimum atomic E-state index is -1.59. The fraction of sp³-hybridized carbons (Fsp3) is 0.906. The van der Waals surface area contributed by atoms with Crippen molar-refractivity contribution >= 4 is 5.97 Å². The zero-order valence-electron chi connectivity index (χ0n) is 44.2. The summed E-state index contributed by atoms with van der Waals surface area (Å²) < 4.78 is 74.6. The monoisotopic (exact) mass is 1030 g/mol. The second-order valence-corrected chi connectivity index (χ2v) is 22.6. The van der Waals surface area contributed by atoms with Crippen LogP contribution in [-0.2, 0) is 61.6 Å². The Hall–Kier alpha value is -1.73. The second-order valence-electron chi connectivity index (χ2n) is 22.6. The molecule has 0 aromatic rings. The zero-order valence-corrected chi connectivity index (χ0v) is 44.2. The summed E-state index contributed by atoms with van der Waals surface area (Å²) in [6.45, 7) is 14.8.